The van der Waals surface area contributed by atoms with Gasteiger partial charge in [0.15, 0.2) is 0 Å². The first-order chi connectivity index (χ1) is 9.25. The van der Waals surface area contributed by atoms with Crippen LogP contribution in [0.1, 0.15) is 25.7 Å². The van der Waals surface area contributed by atoms with Crippen LogP contribution in [0.25, 0.3) is 0 Å². The predicted octanol–water partition coefficient (Wildman–Crippen LogP) is -0.0846. The third kappa shape index (κ3) is 5.64. The lowest BCUT2D eigenvalue weighted by atomic mass is 10.1. The second kappa shape index (κ2) is 9.15. The number of hydrogen-bond acceptors (Lipinski definition) is 4. The normalized spacial score (nSPS) is 22.8. The van der Waals surface area contributed by atoms with Crippen molar-refractivity contribution in [2.75, 3.05) is 39.4 Å². The smallest absolute Gasteiger partial charge is 0.223 e. The van der Waals surface area contributed by atoms with Gasteiger partial charge < -0.3 is 20.3 Å². The number of nitrogens with one attached hydrogen (secondary N) is 2. The van der Waals surface area contributed by atoms with Gasteiger partial charge in [-0.1, -0.05) is 0 Å². The van der Waals surface area contributed by atoms with Gasteiger partial charge in [-0.2, -0.15) is 0 Å². The Bertz CT molecular complexity index is 316. The molecule has 2 rings (SSSR count). The van der Waals surface area contributed by atoms with Crippen LogP contribution in [0.2, 0.25) is 0 Å². The van der Waals surface area contributed by atoms with E-state index in [1.54, 1.807) is 4.90 Å². The molecular formula is C13H24ClN3O3. The molecule has 2 fully saturated rings. The molecule has 0 saturated carbocycles. The summed E-state index contributed by atoms with van der Waals surface area (Å²) in [5.74, 6) is 0.0375. The predicted molar refractivity (Wildman–Crippen MR) is 77.9 cm³/mol. The van der Waals surface area contributed by atoms with Gasteiger partial charge in [0, 0.05) is 38.5 Å². The second-order valence-electron chi connectivity index (χ2n) is 5.10. The molecule has 2 aliphatic heterocycles. The Morgan fingerprint density at radius 2 is 2.00 bits per heavy atom. The summed E-state index contributed by atoms with van der Waals surface area (Å²) in [5, 5.41) is 6.23. The van der Waals surface area contributed by atoms with Gasteiger partial charge >= 0.3 is 0 Å². The number of nitrogens with zero attached hydrogens (tertiary/aromatic N) is 1. The van der Waals surface area contributed by atoms with Gasteiger partial charge in [0.05, 0.1) is 13.2 Å². The Morgan fingerprint density at radius 3 is 2.65 bits per heavy atom. The summed E-state index contributed by atoms with van der Waals surface area (Å²) in [6, 6.07) is 0.222. The van der Waals surface area contributed by atoms with Crippen molar-refractivity contribution in [1.82, 2.24) is 15.5 Å². The quantitative estimate of drug-likeness (QED) is 0.762. The molecule has 1 unspecified atom stereocenters. The van der Waals surface area contributed by atoms with Crippen molar-refractivity contribution < 1.29 is 14.3 Å². The van der Waals surface area contributed by atoms with Gasteiger partial charge in [-0.25, -0.2) is 0 Å². The number of carbonyl (C=O) groups is 2. The van der Waals surface area contributed by atoms with Crippen molar-refractivity contribution >= 4 is 24.2 Å². The molecule has 2 saturated heterocycles. The lowest BCUT2D eigenvalue weighted by Crippen LogP contribution is -2.46. The van der Waals surface area contributed by atoms with E-state index in [4.69, 9.17) is 4.74 Å². The van der Waals surface area contributed by atoms with Crippen LogP contribution in [0.4, 0.5) is 0 Å². The average molecular weight is 306 g/mol. The molecule has 0 aromatic carbocycles. The highest BCUT2D eigenvalue weighted by molar-refractivity contribution is 5.85. The second-order valence-corrected chi connectivity index (χ2v) is 5.10. The first-order valence-corrected chi connectivity index (χ1v) is 7.11. The van der Waals surface area contributed by atoms with E-state index in [1.807, 2.05) is 0 Å². The van der Waals surface area contributed by atoms with Crippen LogP contribution in [0.3, 0.4) is 0 Å². The summed E-state index contributed by atoms with van der Waals surface area (Å²) in [6.45, 7) is 4.36. The molecule has 2 aliphatic rings. The molecular weight excluding hydrogens is 282 g/mol. The van der Waals surface area contributed by atoms with E-state index < -0.39 is 0 Å². The molecule has 6 nitrogen and oxygen atoms in total. The van der Waals surface area contributed by atoms with Crippen molar-refractivity contribution in [3.63, 3.8) is 0 Å². The molecule has 0 aromatic heterocycles. The SMILES string of the molecule is Cl.O=C(CCC(=O)N1CCOCC1)NC1CCCNC1. The first-order valence-electron chi connectivity index (χ1n) is 7.11. The minimum atomic E-state index is -0.0182. The lowest BCUT2D eigenvalue weighted by Gasteiger charge is -2.27. The number of ether oxygens (including phenoxy) is 1. The van der Waals surface area contributed by atoms with E-state index in [9.17, 15) is 9.59 Å². The highest BCUT2D eigenvalue weighted by Crippen LogP contribution is 2.04. The van der Waals surface area contributed by atoms with Crippen molar-refractivity contribution in [3.8, 4) is 0 Å². The molecule has 7 heteroatoms. The van der Waals surface area contributed by atoms with E-state index in [0.717, 1.165) is 25.9 Å². The molecule has 20 heavy (non-hydrogen) atoms. The molecule has 0 spiro atoms. The van der Waals surface area contributed by atoms with E-state index in [2.05, 4.69) is 10.6 Å². The van der Waals surface area contributed by atoms with Crippen LogP contribution in [0.15, 0.2) is 0 Å². The molecule has 2 heterocycles. The van der Waals surface area contributed by atoms with Gasteiger partial charge in [-0.05, 0) is 19.4 Å². The van der Waals surface area contributed by atoms with Crippen LogP contribution in [-0.2, 0) is 14.3 Å². The topological polar surface area (TPSA) is 70.7 Å². The summed E-state index contributed by atoms with van der Waals surface area (Å²) < 4.78 is 5.20. The van der Waals surface area contributed by atoms with Gasteiger partial charge in [0.25, 0.3) is 0 Å². The maximum absolute atomic E-state index is 11.9. The highest BCUT2D eigenvalue weighted by Gasteiger charge is 2.19. The Kier molecular flexibility index (Phi) is 7.87. The fourth-order valence-corrected chi connectivity index (χ4v) is 2.47. The Balaban J connectivity index is 0.00000200. The number of rotatable bonds is 4. The summed E-state index contributed by atoms with van der Waals surface area (Å²) in [5.41, 5.74) is 0. The van der Waals surface area contributed by atoms with E-state index >= 15 is 0 Å². The molecule has 0 radical (unpaired) electrons. The molecule has 0 aromatic rings. The lowest BCUT2D eigenvalue weighted by molar-refractivity contribution is -0.137. The Hall–Kier alpha value is -0.850. The molecule has 2 amide bonds. The molecule has 2 N–H and O–H groups in total. The first kappa shape index (κ1) is 17.2. The summed E-state index contributed by atoms with van der Waals surface area (Å²) in [6.07, 6.45) is 2.70. The van der Waals surface area contributed by atoms with Crippen LogP contribution in [0.5, 0.6) is 0 Å². The Labute approximate surface area is 126 Å². The van der Waals surface area contributed by atoms with E-state index in [1.165, 1.54) is 0 Å². The van der Waals surface area contributed by atoms with Gasteiger partial charge in [-0.3, -0.25) is 9.59 Å². The summed E-state index contributed by atoms with van der Waals surface area (Å²) in [4.78, 5) is 25.4. The van der Waals surface area contributed by atoms with E-state index in [0.29, 0.717) is 32.7 Å². The average Bonchev–Trinajstić information content (AvgIpc) is 2.47. The van der Waals surface area contributed by atoms with Crippen LogP contribution >= 0.6 is 12.4 Å². The summed E-state index contributed by atoms with van der Waals surface area (Å²) in [7, 11) is 0. The zero-order valence-electron chi connectivity index (χ0n) is 11.7. The minimum Gasteiger partial charge on any atom is -0.378 e. The third-order valence-corrected chi connectivity index (χ3v) is 3.59. The largest absolute Gasteiger partial charge is 0.378 e. The zero-order valence-corrected chi connectivity index (χ0v) is 12.5. The van der Waals surface area contributed by atoms with Crippen LogP contribution < -0.4 is 10.6 Å². The fourth-order valence-electron chi connectivity index (χ4n) is 2.47. The van der Waals surface area contributed by atoms with Crippen molar-refractivity contribution in [3.05, 3.63) is 0 Å². The number of piperidine rings is 1. The number of morpholine rings is 1. The maximum Gasteiger partial charge on any atom is 0.223 e. The zero-order chi connectivity index (χ0) is 13.5. The van der Waals surface area contributed by atoms with Crippen LogP contribution in [-0.4, -0.2) is 62.1 Å². The maximum atomic E-state index is 11.9. The summed E-state index contributed by atoms with van der Waals surface area (Å²) >= 11 is 0. The molecule has 116 valence electrons. The van der Waals surface area contributed by atoms with Crippen molar-refractivity contribution in [2.24, 2.45) is 0 Å². The molecule has 0 bridgehead atoms. The van der Waals surface area contributed by atoms with E-state index in [-0.39, 0.29) is 36.7 Å². The number of hydrogen-bond donors (Lipinski definition) is 2. The Morgan fingerprint density at radius 1 is 1.25 bits per heavy atom. The molecule has 0 aliphatic carbocycles. The number of carbonyl (C=O) groups excluding carboxylic acids is 2. The molecule has 1 atom stereocenters. The number of halogens is 1. The standard InChI is InChI=1S/C13H23N3O3.ClH/c17-12(15-11-2-1-5-14-10-11)3-4-13(18)16-6-8-19-9-7-16;/h11,14H,1-10H2,(H,15,17);1H. The van der Waals surface area contributed by atoms with Crippen molar-refractivity contribution in [2.45, 2.75) is 31.7 Å². The van der Waals surface area contributed by atoms with Crippen LogP contribution in [0, 0.1) is 0 Å². The minimum absolute atomic E-state index is 0. The van der Waals surface area contributed by atoms with Gasteiger partial charge in [0.2, 0.25) is 11.8 Å². The highest BCUT2D eigenvalue weighted by atomic mass is 35.5. The van der Waals surface area contributed by atoms with Gasteiger partial charge in [0.1, 0.15) is 0 Å². The monoisotopic (exact) mass is 305 g/mol. The van der Waals surface area contributed by atoms with Crippen molar-refractivity contribution in [1.29, 1.82) is 0 Å². The van der Waals surface area contributed by atoms with Gasteiger partial charge in [-0.15, -0.1) is 12.4 Å². The fraction of sp³-hybridized carbons (Fsp3) is 0.846. The third-order valence-electron chi connectivity index (χ3n) is 3.59. The number of amides is 2.